The lowest BCUT2D eigenvalue weighted by molar-refractivity contribution is 0.267. The molecule has 0 amide bonds. The summed E-state index contributed by atoms with van der Waals surface area (Å²) in [6, 6.07) is 14.0. The van der Waals surface area contributed by atoms with Crippen LogP contribution in [0, 0.1) is 28.7 Å². The van der Waals surface area contributed by atoms with Crippen LogP contribution in [0.3, 0.4) is 0 Å². The SMILES string of the molecule is CCOc1cc(C=Nc2oc(C)c(C)c2C#N)cc(I)c1OCc1ccc(Br)cc1. The zero-order valence-corrected chi connectivity index (χ0v) is 20.6. The summed E-state index contributed by atoms with van der Waals surface area (Å²) in [5.74, 6) is 2.35. The van der Waals surface area contributed by atoms with Crippen LogP contribution in [0.5, 0.6) is 11.5 Å². The molecule has 5 nitrogen and oxygen atoms in total. The summed E-state index contributed by atoms with van der Waals surface area (Å²) in [6.07, 6.45) is 1.67. The smallest absolute Gasteiger partial charge is 0.237 e. The molecule has 0 aliphatic carbocycles. The second-order valence-corrected chi connectivity index (χ2v) is 8.59. The molecule has 0 unspecified atom stereocenters. The first kappa shape index (κ1) is 22.4. The van der Waals surface area contributed by atoms with Gasteiger partial charge in [-0.2, -0.15) is 5.26 Å². The van der Waals surface area contributed by atoms with Gasteiger partial charge in [-0.25, -0.2) is 4.99 Å². The number of aryl methyl sites for hydroxylation is 1. The number of hydrogen-bond donors (Lipinski definition) is 0. The fourth-order valence-corrected chi connectivity index (χ4v) is 3.81. The molecule has 2 aromatic carbocycles. The molecule has 30 heavy (non-hydrogen) atoms. The second kappa shape index (κ2) is 10.1. The Morgan fingerprint density at radius 1 is 1.20 bits per heavy atom. The Labute approximate surface area is 198 Å². The molecule has 0 radical (unpaired) electrons. The van der Waals surface area contributed by atoms with E-state index in [9.17, 15) is 5.26 Å². The number of aliphatic imine (C=N–C) groups is 1. The molecule has 0 fully saturated rings. The molecule has 154 valence electrons. The van der Waals surface area contributed by atoms with Crippen molar-refractivity contribution in [3.05, 3.63) is 72.5 Å². The molecule has 0 N–H and O–H groups in total. The Morgan fingerprint density at radius 2 is 1.93 bits per heavy atom. The predicted octanol–water partition coefficient (Wildman–Crippen LogP) is 6.86. The monoisotopic (exact) mass is 578 g/mol. The lowest BCUT2D eigenvalue weighted by Crippen LogP contribution is -2.02. The quantitative estimate of drug-likeness (QED) is 0.227. The minimum absolute atomic E-state index is 0.316. The van der Waals surface area contributed by atoms with Gasteiger partial charge in [-0.15, -0.1) is 0 Å². The Kier molecular flexibility index (Phi) is 7.56. The van der Waals surface area contributed by atoms with Gasteiger partial charge in [-0.3, -0.25) is 0 Å². The molecule has 0 saturated carbocycles. The van der Waals surface area contributed by atoms with Crippen LogP contribution in [-0.2, 0) is 6.61 Å². The van der Waals surface area contributed by atoms with E-state index in [0.29, 0.717) is 41.9 Å². The lowest BCUT2D eigenvalue weighted by Gasteiger charge is -2.14. The summed E-state index contributed by atoms with van der Waals surface area (Å²) in [5.41, 5.74) is 3.16. The van der Waals surface area contributed by atoms with Gasteiger partial charge in [0.1, 0.15) is 24.0 Å². The summed E-state index contributed by atoms with van der Waals surface area (Å²) in [4.78, 5) is 4.38. The third-order valence-electron chi connectivity index (χ3n) is 4.44. The zero-order valence-electron chi connectivity index (χ0n) is 16.8. The molecule has 0 saturated heterocycles. The van der Waals surface area contributed by atoms with Crippen molar-refractivity contribution in [1.29, 1.82) is 5.26 Å². The van der Waals surface area contributed by atoms with Gasteiger partial charge in [-0.1, -0.05) is 28.1 Å². The number of benzene rings is 2. The highest BCUT2D eigenvalue weighted by molar-refractivity contribution is 14.1. The highest BCUT2D eigenvalue weighted by Crippen LogP contribution is 2.35. The van der Waals surface area contributed by atoms with E-state index in [1.807, 2.05) is 57.2 Å². The molecule has 0 aliphatic heterocycles. The summed E-state index contributed by atoms with van der Waals surface area (Å²) in [7, 11) is 0. The number of ether oxygens (including phenoxy) is 2. The van der Waals surface area contributed by atoms with Gasteiger partial charge in [0, 0.05) is 16.3 Å². The molecule has 1 heterocycles. The highest BCUT2D eigenvalue weighted by Gasteiger charge is 2.15. The van der Waals surface area contributed by atoms with E-state index >= 15 is 0 Å². The van der Waals surface area contributed by atoms with E-state index in [1.54, 1.807) is 6.21 Å². The van der Waals surface area contributed by atoms with Crippen LogP contribution in [0.25, 0.3) is 0 Å². The van der Waals surface area contributed by atoms with Crippen molar-refractivity contribution in [3.8, 4) is 17.6 Å². The van der Waals surface area contributed by atoms with Crippen LogP contribution < -0.4 is 9.47 Å². The summed E-state index contributed by atoms with van der Waals surface area (Å²) in [5, 5.41) is 9.35. The maximum atomic E-state index is 9.35. The number of rotatable bonds is 7. The van der Waals surface area contributed by atoms with E-state index in [4.69, 9.17) is 13.9 Å². The molecule has 3 aromatic rings. The lowest BCUT2D eigenvalue weighted by atomic mass is 10.2. The third kappa shape index (κ3) is 5.24. The van der Waals surface area contributed by atoms with Gasteiger partial charge in [0.25, 0.3) is 0 Å². The Hall–Kier alpha value is -2.31. The van der Waals surface area contributed by atoms with Gasteiger partial charge in [0.05, 0.1) is 10.2 Å². The predicted molar refractivity (Wildman–Crippen MR) is 129 cm³/mol. The van der Waals surface area contributed by atoms with Crippen LogP contribution >= 0.6 is 38.5 Å². The van der Waals surface area contributed by atoms with Gasteiger partial charge in [0.2, 0.25) is 5.88 Å². The maximum Gasteiger partial charge on any atom is 0.237 e. The van der Waals surface area contributed by atoms with Crippen molar-refractivity contribution in [1.82, 2.24) is 0 Å². The summed E-state index contributed by atoms with van der Waals surface area (Å²) < 4.78 is 19.4. The Morgan fingerprint density at radius 3 is 2.60 bits per heavy atom. The van der Waals surface area contributed by atoms with Crippen LogP contribution in [-0.4, -0.2) is 12.8 Å². The Balaban J connectivity index is 1.86. The molecule has 0 atom stereocenters. The number of nitrogens with zero attached hydrogens (tertiary/aromatic N) is 2. The first-order chi connectivity index (χ1) is 14.4. The normalized spacial score (nSPS) is 10.9. The average Bonchev–Trinajstić information content (AvgIpc) is 3.00. The topological polar surface area (TPSA) is 67.8 Å². The largest absolute Gasteiger partial charge is 0.490 e. The van der Waals surface area contributed by atoms with Crippen LogP contribution in [0.1, 0.15) is 34.9 Å². The van der Waals surface area contributed by atoms with Crippen molar-refractivity contribution in [2.75, 3.05) is 6.61 Å². The van der Waals surface area contributed by atoms with Gasteiger partial charge < -0.3 is 13.9 Å². The molecular weight excluding hydrogens is 559 g/mol. The molecular formula is C23H20BrIN2O3. The van der Waals surface area contributed by atoms with E-state index in [1.165, 1.54) is 0 Å². The van der Waals surface area contributed by atoms with Crippen LogP contribution in [0.15, 0.2) is 50.3 Å². The molecule has 0 aliphatic rings. The van der Waals surface area contributed by atoms with Crippen molar-refractivity contribution in [2.45, 2.75) is 27.4 Å². The van der Waals surface area contributed by atoms with Crippen molar-refractivity contribution < 1.29 is 13.9 Å². The number of nitriles is 1. The minimum Gasteiger partial charge on any atom is -0.490 e. The molecule has 1 aromatic heterocycles. The van der Waals surface area contributed by atoms with Crippen LogP contribution in [0.2, 0.25) is 0 Å². The van der Waals surface area contributed by atoms with Crippen molar-refractivity contribution in [3.63, 3.8) is 0 Å². The first-order valence-electron chi connectivity index (χ1n) is 9.30. The van der Waals surface area contributed by atoms with Gasteiger partial charge >= 0.3 is 0 Å². The maximum absolute atomic E-state index is 9.35. The average molecular weight is 579 g/mol. The standard InChI is InChI=1S/C23H20BrIN2O3/c1-4-28-21-10-17(12-27-23-19(11-26)14(2)15(3)30-23)9-20(25)22(21)29-13-16-5-7-18(24)8-6-16/h5-10,12H,4,13H2,1-3H3. The third-order valence-corrected chi connectivity index (χ3v) is 5.77. The summed E-state index contributed by atoms with van der Waals surface area (Å²) >= 11 is 5.67. The molecule has 7 heteroatoms. The van der Waals surface area contributed by atoms with Gasteiger partial charge in [0.15, 0.2) is 11.5 Å². The molecule has 3 rings (SSSR count). The summed E-state index contributed by atoms with van der Waals surface area (Å²) in [6.45, 7) is 6.56. The van der Waals surface area contributed by atoms with Crippen molar-refractivity contribution >= 4 is 50.6 Å². The first-order valence-corrected chi connectivity index (χ1v) is 11.2. The minimum atomic E-state index is 0.316. The number of furan rings is 1. The highest BCUT2D eigenvalue weighted by atomic mass is 127. The van der Waals surface area contributed by atoms with Crippen LogP contribution in [0.4, 0.5) is 5.88 Å². The molecule has 0 spiro atoms. The Bertz CT molecular complexity index is 1110. The van der Waals surface area contributed by atoms with E-state index < -0.39 is 0 Å². The number of hydrogen-bond acceptors (Lipinski definition) is 5. The zero-order chi connectivity index (χ0) is 21.7. The number of halogens is 2. The molecule has 0 bridgehead atoms. The second-order valence-electron chi connectivity index (χ2n) is 6.51. The van der Waals surface area contributed by atoms with Crippen molar-refractivity contribution in [2.24, 2.45) is 4.99 Å². The fraction of sp³-hybridized carbons (Fsp3) is 0.217. The van der Waals surface area contributed by atoms with E-state index in [0.717, 1.165) is 24.7 Å². The van der Waals surface area contributed by atoms with E-state index in [2.05, 4.69) is 49.6 Å². The van der Waals surface area contributed by atoms with Gasteiger partial charge in [-0.05, 0) is 78.8 Å². The van der Waals surface area contributed by atoms with E-state index in [-0.39, 0.29) is 0 Å². The fourth-order valence-electron chi connectivity index (χ4n) is 2.77.